The summed E-state index contributed by atoms with van der Waals surface area (Å²) in [4.78, 5) is 10.7. The molecule has 0 saturated carbocycles. The van der Waals surface area contributed by atoms with Crippen LogP contribution in [-0.2, 0) is 18.0 Å². The van der Waals surface area contributed by atoms with Crippen molar-refractivity contribution < 1.29 is 23.8 Å². The number of carboxylic acids is 1. The van der Waals surface area contributed by atoms with Crippen LogP contribution in [0.3, 0.4) is 0 Å². The van der Waals surface area contributed by atoms with Gasteiger partial charge in [-0.05, 0) is 29.8 Å². The molecule has 0 spiro atoms. The fourth-order valence-corrected chi connectivity index (χ4v) is 1.80. The maximum absolute atomic E-state index is 13.7. The Bertz CT molecular complexity index is 623. The third-order valence-electron chi connectivity index (χ3n) is 2.99. The first-order valence-electron chi connectivity index (χ1n) is 6.32. The summed E-state index contributed by atoms with van der Waals surface area (Å²) in [7, 11) is 1.59. The van der Waals surface area contributed by atoms with Gasteiger partial charge < -0.3 is 14.6 Å². The number of carbonyl (C=O) groups is 1. The molecule has 110 valence electrons. The number of rotatable bonds is 6. The molecule has 0 amide bonds. The number of aromatic carboxylic acids is 1. The number of hydrogen-bond acceptors (Lipinski definition) is 3. The topological polar surface area (TPSA) is 55.8 Å². The zero-order valence-corrected chi connectivity index (χ0v) is 11.5. The van der Waals surface area contributed by atoms with E-state index in [-0.39, 0.29) is 12.2 Å². The SMILES string of the molecule is COc1ccc(COCc2ccc(C(=O)O)cc2F)cc1. The third kappa shape index (κ3) is 4.03. The molecule has 1 N–H and O–H groups in total. The Kier molecular flexibility index (Phi) is 4.90. The van der Waals surface area contributed by atoms with E-state index in [2.05, 4.69) is 0 Å². The molecule has 2 aromatic rings. The van der Waals surface area contributed by atoms with Gasteiger partial charge in [0.05, 0.1) is 25.9 Å². The summed E-state index contributed by atoms with van der Waals surface area (Å²) in [5, 5.41) is 8.76. The molecule has 5 heteroatoms. The minimum atomic E-state index is -1.15. The van der Waals surface area contributed by atoms with Crippen LogP contribution in [0.1, 0.15) is 21.5 Å². The van der Waals surface area contributed by atoms with Crippen LogP contribution >= 0.6 is 0 Å². The summed E-state index contributed by atoms with van der Waals surface area (Å²) in [6.07, 6.45) is 0. The van der Waals surface area contributed by atoms with E-state index in [0.29, 0.717) is 12.2 Å². The predicted octanol–water partition coefficient (Wildman–Crippen LogP) is 3.25. The van der Waals surface area contributed by atoms with Crippen molar-refractivity contribution in [3.05, 3.63) is 65.0 Å². The van der Waals surface area contributed by atoms with E-state index in [9.17, 15) is 9.18 Å². The molecule has 2 aromatic carbocycles. The summed E-state index contributed by atoms with van der Waals surface area (Å²) in [5.74, 6) is -0.974. The molecule has 0 atom stereocenters. The van der Waals surface area contributed by atoms with E-state index in [4.69, 9.17) is 14.6 Å². The van der Waals surface area contributed by atoms with Gasteiger partial charge >= 0.3 is 5.97 Å². The van der Waals surface area contributed by atoms with Crippen molar-refractivity contribution in [1.29, 1.82) is 0 Å². The highest BCUT2D eigenvalue weighted by atomic mass is 19.1. The first-order valence-corrected chi connectivity index (χ1v) is 6.32. The lowest BCUT2D eigenvalue weighted by molar-refractivity contribution is 0.0695. The number of halogens is 1. The Morgan fingerprint density at radius 3 is 2.43 bits per heavy atom. The molecule has 21 heavy (non-hydrogen) atoms. The molecule has 0 unspecified atom stereocenters. The summed E-state index contributed by atoms with van der Waals surface area (Å²) < 4.78 is 24.2. The zero-order chi connectivity index (χ0) is 15.2. The van der Waals surface area contributed by atoms with E-state index in [1.807, 2.05) is 24.3 Å². The highest BCUT2D eigenvalue weighted by Gasteiger charge is 2.08. The highest BCUT2D eigenvalue weighted by Crippen LogP contribution is 2.15. The molecular formula is C16H15FO4. The summed E-state index contributed by atoms with van der Waals surface area (Å²) in [6.45, 7) is 0.419. The summed E-state index contributed by atoms with van der Waals surface area (Å²) in [6, 6.07) is 11.1. The van der Waals surface area contributed by atoms with E-state index in [1.54, 1.807) is 7.11 Å². The van der Waals surface area contributed by atoms with Crippen LogP contribution in [0, 0.1) is 5.82 Å². The molecule has 0 aliphatic carbocycles. The summed E-state index contributed by atoms with van der Waals surface area (Å²) >= 11 is 0. The van der Waals surface area contributed by atoms with E-state index in [0.717, 1.165) is 17.4 Å². The van der Waals surface area contributed by atoms with Crippen molar-refractivity contribution in [1.82, 2.24) is 0 Å². The average Bonchev–Trinajstić information content (AvgIpc) is 2.49. The quantitative estimate of drug-likeness (QED) is 0.887. The van der Waals surface area contributed by atoms with Gasteiger partial charge in [-0.2, -0.15) is 0 Å². The van der Waals surface area contributed by atoms with E-state index >= 15 is 0 Å². The van der Waals surface area contributed by atoms with Crippen LogP contribution in [-0.4, -0.2) is 18.2 Å². The second kappa shape index (κ2) is 6.85. The lowest BCUT2D eigenvalue weighted by atomic mass is 10.1. The van der Waals surface area contributed by atoms with Gasteiger partial charge in [-0.1, -0.05) is 18.2 Å². The van der Waals surface area contributed by atoms with Gasteiger partial charge in [-0.15, -0.1) is 0 Å². The lowest BCUT2D eigenvalue weighted by Crippen LogP contribution is -2.01. The van der Waals surface area contributed by atoms with Crippen LogP contribution in [0.4, 0.5) is 4.39 Å². The molecule has 2 rings (SSSR count). The Labute approximate surface area is 121 Å². The van der Waals surface area contributed by atoms with Crippen LogP contribution in [0.25, 0.3) is 0 Å². The van der Waals surface area contributed by atoms with Gasteiger partial charge in [0.25, 0.3) is 0 Å². The van der Waals surface area contributed by atoms with Crippen LogP contribution in [0.5, 0.6) is 5.75 Å². The number of methoxy groups -OCH3 is 1. The molecule has 0 bridgehead atoms. The van der Waals surface area contributed by atoms with E-state index in [1.165, 1.54) is 12.1 Å². The number of ether oxygens (including phenoxy) is 2. The molecule has 0 fully saturated rings. The molecule has 0 radical (unpaired) electrons. The average molecular weight is 290 g/mol. The number of carboxylic acid groups (broad SMARTS) is 1. The smallest absolute Gasteiger partial charge is 0.335 e. The number of hydrogen-bond donors (Lipinski definition) is 1. The normalized spacial score (nSPS) is 10.4. The van der Waals surface area contributed by atoms with Gasteiger partial charge in [0.15, 0.2) is 0 Å². The van der Waals surface area contributed by atoms with Gasteiger partial charge in [-0.3, -0.25) is 0 Å². The van der Waals surface area contributed by atoms with E-state index < -0.39 is 11.8 Å². The van der Waals surface area contributed by atoms with Gasteiger partial charge in [0.1, 0.15) is 11.6 Å². The van der Waals surface area contributed by atoms with Gasteiger partial charge in [0.2, 0.25) is 0 Å². The Morgan fingerprint density at radius 2 is 1.86 bits per heavy atom. The Morgan fingerprint density at radius 1 is 1.14 bits per heavy atom. The molecule has 0 aliphatic heterocycles. The van der Waals surface area contributed by atoms with Crippen molar-refractivity contribution in [2.75, 3.05) is 7.11 Å². The molecule has 4 nitrogen and oxygen atoms in total. The van der Waals surface area contributed by atoms with Crippen LogP contribution < -0.4 is 4.74 Å². The predicted molar refractivity (Wildman–Crippen MR) is 74.8 cm³/mol. The summed E-state index contributed by atoms with van der Waals surface area (Å²) in [5.41, 5.74) is 1.19. The maximum Gasteiger partial charge on any atom is 0.335 e. The second-order valence-corrected chi connectivity index (χ2v) is 4.45. The first-order chi connectivity index (χ1) is 10.1. The molecule has 0 aliphatic rings. The highest BCUT2D eigenvalue weighted by molar-refractivity contribution is 5.87. The largest absolute Gasteiger partial charge is 0.497 e. The monoisotopic (exact) mass is 290 g/mol. The standard InChI is InChI=1S/C16H15FO4/c1-20-14-6-2-11(3-7-14)9-21-10-13-5-4-12(16(18)19)8-15(13)17/h2-8H,9-10H2,1H3,(H,18,19). The molecule has 0 saturated heterocycles. The fraction of sp³-hybridized carbons (Fsp3) is 0.188. The first kappa shape index (κ1) is 15.0. The second-order valence-electron chi connectivity index (χ2n) is 4.45. The molecule has 0 aromatic heterocycles. The van der Waals surface area contributed by atoms with Crippen LogP contribution in [0.15, 0.2) is 42.5 Å². The van der Waals surface area contributed by atoms with Crippen molar-refractivity contribution >= 4 is 5.97 Å². The zero-order valence-electron chi connectivity index (χ0n) is 11.5. The van der Waals surface area contributed by atoms with Gasteiger partial charge in [0, 0.05) is 5.56 Å². The lowest BCUT2D eigenvalue weighted by Gasteiger charge is -2.07. The minimum absolute atomic E-state index is 0.0774. The van der Waals surface area contributed by atoms with Crippen molar-refractivity contribution in [2.45, 2.75) is 13.2 Å². The maximum atomic E-state index is 13.7. The number of benzene rings is 2. The Hall–Kier alpha value is -2.40. The Balaban J connectivity index is 1.92. The third-order valence-corrected chi connectivity index (χ3v) is 2.99. The molecule has 0 heterocycles. The minimum Gasteiger partial charge on any atom is -0.497 e. The van der Waals surface area contributed by atoms with Crippen molar-refractivity contribution in [2.24, 2.45) is 0 Å². The molecular weight excluding hydrogens is 275 g/mol. The van der Waals surface area contributed by atoms with Crippen molar-refractivity contribution in [3.8, 4) is 5.75 Å². The fourth-order valence-electron chi connectivity index (χ4n) is 1.80. The van der Waals surface area contributed by atoms with Gasteiger partial charge in [-0.25, -0.2) is 9.18 Å². The van der Waals surface area contributed by atoms with Crippen molar-refractivity contribution in [3.63, 3.8) is 0 Å². The van der Waals surface area contributed by atoms with Crippen LogP contribution in [0.2, 0.25) is 0 Å².